The summed E-state index contributed by atoms with van der Waals surface area (Å²) in [6.45, 7) is 9.37. The van der Waals surface area contributed by atoms with Gasteiger partial charge in [-0.25, -0.2) is 0 Å². The van der Waals surface area contributed by atoms with Gasteiger partial charge in [-0.1, -0.05) is 20.3 Å². The summed E-state index contributed by atoms with van der Waals surface area (Å²) in [5, 5.41) is 12.4. The van der Waals surface area contributed by atoms with Crippen LogP contribution in [0.1, 0.15) is 57.7 Å². The van der Waals surface area contributed by atoms with Crippen molar-refractivity contribution < 1.29 is 0 Å². The molecule has 1 aliphatic rings. The van der Waals surface area contributed by atoms with Gasteiger partial charge in [-0.3, -0.25) is 0 Å². The van der Waals surface area contributed by atoms with Gasteiger partial charge in [0.05, 0.1) is 6.04 Å². The lowest BCUT2D eigenvalue weighted by molar-refractivity contribution is 0.350. The molecule has 0 aliphatic carbocycles. The molecule has 2 atom stereocenters. The zero-order valence-electron chi connectivity index (χ0n) is 13.1. The largest absolute Gasteiger partial charge is 0.330 e. The first-order valence-corrected chi connectivity index (χ1v) is 7.99. The Bertz CT molecular complexity index is 412. The van der Waals surface area contributed by atoms with Crippen LogP contribution in [0.3, 0.4) is 0 Å². The third-order valence-electron chi connectivity index (χ3n) is 4.46. The Balaban J connectivity index is 1.99. The molecule has 20 heavy (non-hydrogen) atoms. The predicted octanol–water partition coefficient (Wildman–Crippen LogP) is 1.89. The van der Waals surface area contributed by atoms with E-state index < -0.39 is 0 Å². The first-order valence-electron chi connectivity index (χ1n) is 7.99. The number of fused-ring (bicyclic) bond motifs is 1. The average Bonchev–Trinajstić information content (AvgIpc) is 2.68. The molecular formula is C15H29N5. The Kier molecular flexibility index (Phi) is 5.54. The lowest BCUT2D eigenvalue weighted by Gasteiger charge is -2.22. The highest BCUT2D eigenvalue weighted by atomic mass is 15.3. The highest BCUT2D eigenvalue weighted by Crippen LogP contribution is 2.19. The number of aromatic nitrogens is 3. The third-order valence-corrected chi connectivity index (χ3v) is 4.46. The van der Waals surface area contributed by atoms with Crippen molar-refractivity contribution in [1.82, 2.24) is 20.1 Å². The van der Waals surface area contributed by atoms with Crippen molar-refractivity contribution in [1.29, 1.82) is 0 Å². The van der Waals surface area contributed by atoms with E-state index in [9.17, 15) is 0 Å². The van der Waals surface area contributed by atoms with Crippen LogP contribution in [0.2, 0.25) is 0 Å². The smallest absolute Gasteiger partial charge is 0.149 e. The van der Waals surface area contributed by atoms with Crippen LogP contribution in [-0.2, 0) is 13.0 Å². The molecule has 0 aromatic carbocycles. The summed E-state index contributed by atoms with van der Waals surface area (Å²) in [5.41, 5.74) is 5.84. The van der Waals surface area contributed by atoms with Crippen LogP contribution < -0.4 is 11.1 Å². The van der Waals surface area contributed by atoms with Gasteiger partial charge in [-0.05, 0) is 38.1 Å². The van der Waals surface area contributed by atoms with E-state index in [2.05, 4.69) is 40.9 Å². The third kappa shape index (κ3) is 3.58. The second kappa shape index (κ2) is 7.18. The monoisotopic (exact) mass is 279 g/mol. The van der Waals surface area contributed by atoms with E-state index in [1.807, 2.05) is 0 Å². The van der Waals surface area contributed by atoms with Gasteiger partial charge >= 0.3 is 0 Å². The van der Waals surface area contributed by atoms with Crippen molar-refractivity contribution in [3.8, 4) is 0 Å². The second-order valence-electron chi connectivity index (χ2n) is 6.31. The van der Waals surface area contributed by atoms with E-state index in [1.165, 1.54) is 19.3 Å². The minimum Gasteiger partial charge on any atom is -0.330 e. The molecule has 1 aromatic heterocycles. The van der Waals surface area contributed by atoms with Crippen LogP contribution >= 0.6 is 0 Å². The second-order valence-corrected chi connectivity index (χ2v) is 6.31. The van der Waals surface area contributed by atoms with Crippen LogP contribution in [-0.4, -0.2) is 27.9 Å². The summed E-state index contributed by atoms with van der Waals surface area (Å²) in [4.78, 5) is 0. The van der Waals surface area contributed by atoms with E-state index in [-0.39, 0.29) is 6.04 Å². The Morgan fingerprint density at radius 1 is 1.20 bits per heavy atom. The molecule has 2 heterocycles. The molecular weight excluding hydrogens is 250 g/mol. The van der Waals surface area contributed by atoms with Gasteiger partial charge in [0.25, 0.3) is 0 Å². The van der Waals surface area contributed by atoms with Gasteiger partial charge in [0.1, 0.15) is 11.6 Å². The lowest BCUT2D eigenvalue weighted by Crippen LogP contribution is -2.34. The van der Waals surface area contributed by atoms with Crippen LogP contribution in [0.5, 0.6) is 0 Å². The first kappa shape index (κ1) is 15.4. The molecule has 0 spiro atoms. The number of nitrogens with two attached hydrogens (primary N) is 1. The first-order chi connectivity index (χ1) is 9.63. The maximum absolute atomic E-state index is 5.84. The van der Waals surface area contributed by atoms with Gasteiger partial charge < -0.3 is 15.6 Å². The van der Waals surface area contributed by atoms with Gasteiger partial charge in [0, 0.05) is 19.5 Å². The Labute approximate surface area is 122 Å². The van der Waals surface area contributed by atoms with Crippen molar-refractivity contribution in [2.24, 2.45) is 17.6 Å². The van der Waals surface area contributed by atoms with Crippen LogP contribution in [0, 0.1) is 11.8 Å². The summed E-state index contributed by atoms with van der Waals surface area (Å²) in [7, 11) is 0. The highest BCUT2D eigenvalue weighted by molar-refractivity contribution is 5.02. The van der Waals surface area contributed by atoms with Gasteiger partial charge in [0.15, 0.2) is 0 Å². The molecule has 0 bridgehead atoms. The molecule has 3 N–H and O–H groups in total. The maximum Gasteiger partial charge on any atom is 0.149 e. The van der Waals surface area contributed by atoms with Gasteiger partial charge in [-0.2, -0.15) is 0 Å². The van der Waals surface area contributed by atoms with Crippen molar-refractivity contribution in [3.05, 3.63) is 11.6 Å². The maximum atomic E-state index is 5.84. The zero-order valence-corrected chi connectivity index (χ0v) is 13.1. The number of rotatable bonds is 6. The fraction of sp³-hybridized carbons (Fsp3) is 0.867. The topological polar surface area (TPSA) is 68.8 Å². The van der Waals surface area contributed by atoms with Crippen molar-refractivity contribution >= 4 is 0 Å². The zero-order chi connectivity index (χ0) is 14.5. The molecule has 5 heteroatoms. The van der Waals surface area contributed by atoms with Crippen molar-refractivity contribution in [2.45, 2.75) is 59.0 Å². The average molecular weight is 279 g/mol. The fourth-order valence-corrected chi connectivity index (χ4v) is 2.84. The normalized spacial score (nSPS) is 18.6. The molecule has 1 aromatic rings. The summed E-state index contributed by atoms with van der Waals surface area (Å²) in [5.74, 6) is 3.37. The van der Waals surface area contributed by atoms with E-state index in [0.717, 1.165) is 37.7 Å². The number of hydrogen-bond acceptors (Lipinski definition) is 4. The number of aryl methyl sites for hydroxylation is 1. The van der Waals surface area contributed by atoms with E-state index in [4.69, 9.17) is 5.73 Å². The van der Waals surface area contributed by atoms with Gasteiger partial charge in [-0.15, -0.1) is 10.2 Å². The fourth-order valence-electron chi connectivity index (χ4n) is 2.84. The SMILES string of the molecule is CC(NCC(CN)C(C)C)c1nnc2n1CCCCC2. The minimum absolute atomic E-state index is 0.238. The molecule has 114 valence electrons. The Morgan fingerprint density at radius 2 is 2.00 bits per heavy atom. The molecule has 5 nitrogen and oxygen atoms in total. The molecule has 0 saturated carbocycles. The summed E-state index contributed by atoms with van der Waals surface area (Å²) in [6, 6.07) is 0.238. The Hall–Kier alpha value is -0.940. The molecule has 0 radical (unpaired) electrons. The molecule has 2 unspecified atom stereocenters. The van der Waals surface area contributed by atoms with E-state index in [0.29, 0.717) is 11.8 Å². The molecule has 0 saturated heterocycles. The summed E-state index contributed by atoms with van der Waals surface area (Å²) >= 11 is 0. The van der Waals surface area contributed by atoms with Crippen molar-refractivity contribution in [2.75, 3.05) is 13.1 Å². The quantitative estimate of drug-likeness (QED) is 0.834. The number of nitrogens with zero attached hydrogens (tertiary/aromatic N) is 3. The van der Waals surface area contributed by atoms with Gasteiger partial charge in [0.2, 0.25) is 0 Å². The molecule has 0 fully saturated rings. The summed E-state index contributed by atoms with van der Waals surface area (Å²) in [6.07, 6.45) is 4.84. The van der Waals surface area contributed by atoms with Crippen LogP contribution in [0.4, 0.5) is 0 Å². The van der Waals surface area contributed by atoms with E-state index >= 15 is 0 Å². The Morgan fingerprint density at radius 3 is 2.70 bits per heavy atom. The van der Waals surface area contributed by atoms with Crippen LogP contribution in [0.15, 0.2) is 0 Å². The number of nitrogens with one attached hydrogen (secondary N) is 1. The minimum atomic E-state index is 0.238. The molecule has 0 amide bonds. The van der Waals surface area contributed by atoms with Crippen molar-refractivity contribution in [3.63, 3.8) is 0 Å². The molecule has 1 aliphatic heterocycles. The van der Waals surface area contributed by atoms with E-state index in [1.54, 1.807) is 0 Å². The lowest BCUT2D eigenvalue weighted by atomic mass is 9.96. The number of hydrogen-bond donors (Lipinski definition) is 2. The summed E-state index contributed by atoms with van der Waals surface area (Å²) < 4.78 is 2.32. The predicted molar refractivity (Wildman–Crippen MR) is 81.4 cm³/mol. The molecule has 2 rings (SSSR count). The van der Waals surface area contributed by atoms with Crippen LogP contribution in [0.25, 0.3) is 0 Å². The highest BCUT2D eigenvalue weighted by Gasteiger charge is 2.20. The standard InChI is InChI=1S/C15H29N5/c1-11(2)13(9-16)10-17-12(3)15-19-18-14-7-5-4-6-8-20(14)15/h11-13,17H,4-10,16H2,1-3H3.